The van der Waals surface area contributed by atoms with Crippen molar-refractivity contribution in [1.29, 1.82) is 0 Å². The van der Waals surface area contributed by atoms with Crippen molar-refractivity contribution in [2.24, 2.45) is 0 Å². The van der Waals surface area contributed by atoms with Crippen molar-refractivity contribution in [3.05, 3.63) is 12.0 Å². The number of ether oxygens (including phenoxy) is 1. The second-order valence-corrected chi connectivity index (χ2v) is 5.77. The molecule has 1 amide bonds. The van der Waals surface area contributed by atoms with Crippen LogP contribution in [0.25, 0.3) is 0 Å². The van der Waals surface area contributed by atoms with Crippen molar-refractivity contribution in [2.45, 2.75) is 38.6 Å². The zero-order valence-electron chi connectivity index (χ0n) is 12.5. The monoisotopic (exact) mass is 292 g/mol. The lowest BCUT2D eigenvalue weighted by molar-refractivity contribution is -0.116. The van der Waals surface area contributed by atoms with Crippen molar-refractivity contribution in [2.75, 3.05) is 38.2 Å². The number of hydrogen-bond donors (Lipinski definition) is 1. The van der Waals surface area contributed by atoms with Crippen LogP contribution in [0.5, 0.6) is 0 Å². The van der Waals surface area contributed by atoms with Gasteiger partial charge in [-0.05, 0) is 25.8 Å². The first-order chi connectivity index (χ1) is 10.3. The van der Waals surface area contributed by atoms with Gasteiger partial charge in [0, 0.05) is 32.5 Å². The van der Waals surface area contributed by atoms with Crippen LogP contribution in [-0.2, 0) is 22.5 Å². The van der Waals surface area contributed by atoms with Crippen molar-refractivity contribution < 1.29 is 9.53 Å². The molecule has 6 nitrogen and oxygen atoms in total. The summed E-state index contributed by atoms with van der Waals surface area (Å²) < 4.78 is 7.46. The number of nitrogens with one attached hydrogen (secondary N) is 1. The predicted octanol–water partition coefficient (Wildman–Crippen LogP) is 1.27. The second kappa shape index (κ2) is 7.04. The van der Waals surface area contributed by atoms with Gasteiger partial charge in [-0.3, -0.25) is 9.69 Å². The van der Waals surface area contributed by atoms with Crippen LogP contribution >= 0.6 is 0 Å². The summed E-state index contributed by atoms with van der Waals surface area (Å²) in [7, 11) is 0. The van der Waals surface area contributed by atoms with E-state index in [-0.39, 0.29) is 5.91 Å². The number of aromatic nitrogens is 2. The molecule has 116 valence electrons. The summed E-state index contributed by atoms with van der Waals surface area (Å²) in [6.07, 6.45) is 6.64. The maximum Gasteiger partial charge on any atom is 0.225 e. The minimum absolute atomic E-state index is 0.0940. The minimum atomic E-state index is 0.0940. The van der Waals surface area contributed by atoms with E-state index in [0.29, 0.717) is 6.42 Å². The lowest BCUT2D eigenvalue weighted by Gasteiger charge is -2.26. The highest BCUT2D eigenvalue weighted by atomic mass is 16.5. The number of imidazole rings is 1. The van der Waals surface area contributed by atoms with Crippen LogP contribution in [0.4, 0.5) is 5.82 Å². The molecule has 0 saturated carbocycles. The Morgan fingerprint density at radius 2 is 2.14 bits per heavy atom. The van der Waals surface area contributed by atoms with Gasteiger partial charge in [-0.25, -0.2) is 4.98 Å². The molecule has 0 atom stereocenters. The second-order valence-electron chi connectivity index (χ2n) is 5.77. The van der Waals surface area contributed by atoms with E-state index in [4.69, 9.17) is 4.74 Å². The predicted molar refractivity (Wildman–Crippen MR) is 80.3 cm³/mol. The SMILES string of the molecule is O=C(CCCN1CCOCC1)Nc1cnc2n1CCCC2. The average Bonchev–Trinajstić information content (AvgIpc) is 2.92. The molecule has 21 heavy (non-hydrogen) atoms. The quantitative estimate of drug-likeness (QED) is 0.888. The number of rotatable bonds is 5. The summed E-state index contributed by atoms with van der Waals surface area (Å²) in [6.45, 7) is 5.54. The number of anilines is 1. The molecule has 3 heterocycles. The van der Waals surface area contributed by atoms with Crippen LogP contribution < -0.4 is 5.32 Å². The lowest BCUT2D eigenvalue weighted by Crippen LogP contribution is -2.37. The van der Waals surface area contributed by atoms with Crippen molar-refractivity contribution in [3.8, 4) is 0 Å². The van der Waals surface area contributed by atoms with E-state index in [9.17, 15) is 4.79 Å². The fraction of sp³-hybridized carbons (Fsp3) is 0.733. The van der Waals surface area contributed by atoms with Crippen molar-refractivity contribution >= 4 is 11.7 Å². The van der Waals surface area contributed by atoms with E-state index in [1.165, 1.54) is 12.8 Å². The Labute approximate surface area is 125 Å². The molecule has 1 N–H and O–H groups in total. The highest BCUT2D eigenvalue weighted by Crippen LogP contribution is 2.19. The third-order valence-electron chi connectivity index (χ3n) is 4.22. The summed E-state index contributed by atoms with van der Waals surface area (Å²) in [6, 6.07) is 0. The van der Waals surface area contributed by atoms with Gasteiger partial charge in [0.05, 0.1) is 19.4 Å². The van der Waals surface area contributed by atoms with Crippen molar-refractivity contribution in [3.63, 3.8) is 0 Å². The van der Waals surface area contributed by atoms with Crippen LogP contribution in [-0.4, -0.2) is 53.2 Å². The fourth-order valence-corrected chi connectivity index (χ4v) is 3.01. The summed E-state index contributed by atoms with van der Waals surface area (Å²) >= 11 is 0. The molecule has 3 rings (SSSR count). The molecule has 2 aliphatic heterocycles. The summed E-state index contributed by atoms with van der Waals surface area (Å²) in [4.78, 5) is 18.8. The smallest absolute Gasteiger partial charge is 0.225 e. The van der Waals surface area contributed by atoms with E-state index in [0.717, 1.165) is 63.9 Å². The Hall–Kier alpha value is -1.40. The maximum absolute atomic E-state index is 12.0. The van der Waals surface area contributed by atoms with Crippen LogP contribution in [0.1, 0.15) is 31.5 Å². The van der Waals surface area contributed by atoms with Crippen LogP contribution in [0.3, 0.4) is 0 Å². The molecular formula is C15H24N4O2. The number of morpholine rings is 1. The molecule has 0 radical (unpaired) electrons. The minimum Gasteiger partial charge on any atom is -0.379 e. The third kappa shape index (κ3) is 3.83. The largest absolute Gasteiger partial charge is 0.379 e. The van der Waals surface area contributed by atoms with E-state index < -0.39 is 0 Å². The Kier molecular flexibility index (Phi) is 4.87. The Balaban J connectivity index is 1.42. The first-order valence-electron chi connectivity index (χ1n) is 7.97. The van der Waals surface area contributed by atoms with Gasteiger partial charge in [0.15, 0.2) is 0 Å². The number of carbonyl (C=O) groups is 1. The summed E-state index contributed by atoms with van der Waals surface area (Å²) in [5.41, 5.74) is 0. The summed E-state index contributed by atoms with van der Waals surface area (Å²) in [5, 5.41) is 3.01. The topological polar surface area (TPSA) is 59.4 Å². The molecule has 6 heteroatoms. The molecule has 1 aromatic rings. The van der Waals surface area contributed by atoms with Gasteiger partial charge >= 0.3 is 0 Å². The van der Waals surface area contributed by atoms with E-state index in [1.807, 2.05) is 0 Å². The Bertz CT molecular complexity index is 480. The number of carbonyl (C=O) groups excluding carboxylic acids is 1. The zero-order valence-corrected chi connectivity index (χ0v) is 12.5. The Morgan fingerprint density at radius 1 is 1.29 bits per heavy atom. The number of hydrogen-bond acceptors (Lipinski definition) is 4. The number of aryl methyl sites for hydroxylation is 1. The van der Waals surface area contributed by atoms with Gasteiger partial charge in [0.1, 0.15) is 11.6 Å². The molecule has 1 fully saturated rings. The van der Waals surface area contributed by atoms with Gasteiger partial charge in [0.25, 0.3) is 0 Å². The van der Waals surface area contributed by atoms with Gasteiger partial charge in [0.2, 0.25) is 5.91 Å². The third-order valence-corrected chi connectivity index (χ3v) is 4.22. The fourth-order valence-electron chi connectivity index (χ4n) is 3.01. The zero-order chi connectivity index (χ0) is 14.5. The average molecular weight is 292 g/mol. The van der Waals surface area contributed by atoms with Crippen LogP contribution in [0.2, 0.25) is 0 Å². The number of nitrogens with zero attached hydrogens (tertiary/aromatic N) is 3. The number of amides is 1. The normalized spacial score (nSPS) is 19.2. The van der Waals surface area contributed by atoms with Crippen LogP contribution in [0.15, 0.2) is 6.20 Å². The first kappa shape index (κ1) is 14.5. The molecule has 0 unspecified atom stereocenters. The van der Waals surface area contributed by atoms with Gasteiger partial charge in [-0.1, -0.05) is 0 Å². The molecule has 1 aromatic heterocycles. The molecule has 0 bridgehead atoms. The molecular weight excluding hydrogens is 268 g/mol. The molecule has 0 aromatic carbocycles. The van der Waals surface area contributed by atoms with E-state index in [1.54, 1.807) is 6.20 Å². The van der Waals surface area contributed by atoms with Gasteiger partial charge in [-0.15, -0.1) is 0 Å². The standard InChI is InChI=1S/C15H24N4O2/c20-15(5-3-6-18-8-10-21-11-9-18)17-14-12-16-13-4-1-2-7-19(13)14/h12H,1-11H2,(H,17,20). The number of fused-ring (bicyclic) bond motifs is 1. The highest BCUT2D eigenvalue weighted by Gasteiger charge is 2.16. The van der Waals surface area contributed by atoms with Gasteiger partial charge < -0.3 is 14.6 Å². The van der Waals surface area contributed by atoms with Gasteiger partial charge in [-0.2, -0.15) is 0 Å². The van der Waals surface area contributed by atoms with E-state index >= 15 is 0 Å². The highest BCUT2D eigenvalue weighted by molar-refractivity contribution is 5.89. The Morgan fingerprint density at radius 3 is 3.00 bits per heavy atom. The molecule has 0 spiro atoms. The summed E-state index contributed by atoms with van der Waals surface area (Å²) in [5.74, 6) is 2.06. The van der Waals surface area contributed by atoms with Crippen molar-refractivity contribution in [1.82, 2.24) is 14.5 Å². The van der Waals surface area contributed by atoms with E-state index in [2.05, 4.69) is 19.8 Å². The molecule has 0 aliphatic carbocycles. The van der Waals surface area contributed by atoms with Crippen LogP contribution in [0, 0.1) is 0 Å². The maximum atomic E-state index is 12.0. The lowest BCUT2D eigenvalue weighted by atomic mass is 10.2. The first-order valence-corrected chi connectivity index (χ1v) is 7.97. The molecule has 1 saturated heterocycles. The molecule has 2 aliphatic rings.